The van der Waals surface area contributed by atoms with Crippen LogP contribution in [0.25, 0.3) is 0 Å². The fraction of sp³-hybridized carbons (Fsp3) is 0.545. The molecule has 0 aliphatic carbocycles. The second-order valence-corrected chi connectivity index (χ2v) is 7.49. The summed E-state index contributed by atoms with van der Waals surface area (Å²) in [6.45, 7) is 12.5. The van der Waals surface area contributed by atoms with E-state index in [4.69, 9.17) is 4.74 Å². The predicted octanol–water partition coefficient (Wildman–Crippen LogP) is 3.84. The third-order valence-electron chi connectivity index (χ3n) is 4.81. The van der Waals surface area contributed by atoms with Crippen LogP contribution in [-0.4, -0.2) is 53.0 Å². The zero-order chi connectivity index (χ0) is 21.1. The predicted molar refractivity (Wildman–Crippen MR) is 117 cm³/mol. The lowest BCUT2D eigenvalue weighted by Gasteiger charge is -2.31. The maximum absolute atomic E-state index is 12.4. The number of aromatic nitrogens is 2. The highest BCUT2D eigenvalue weighted by Crippen LogP contribution is 2.17. The molecule has 0 aliphatic rings. The molecule has 7 heteroatoms. The number of carbonyl (C=O) groups excluding carboxylic acids is 1. The molecule has 2 amide bonds. The van der Waals surface area contributed by atoms with Gasteiger partial charge in [0.1, 0.15) is 12.4 Å². The fourth-order valence-electron chi connectivity index (χ4n) is 3.38. The number of hydrogen-bond acceptors (Lipinski definition) is 4. The quantitative estimate of drug-likeness (QED) is 0.567. The Morgan fingerprint density at radius 1 is 1.24 bits per heavy atom. The van der Waals surface area contributed by atoms with Crippen molar-refractivity contribution in [2.75, 3.05) is 31.6 Å². The number of carbonyl (C=O) groups is 1. The summed E-state index contributed by atoms with van der Waals surface area (Å²) in [5.74, 6) is 1.30. The van der Waals surface area contributed by atoms with Gasteiger partial charge in [-0.15, -0.1) is 0 Å². The van der Waals surface area contributed by atoms with E-state index in [2.05, 4.69) is 48.3 Å². The number of anilines is 1. The van der Waals surface area contributed by atoms with E-state index in [-0.39, 0.29) is 6.03 Å². The lowest BCUT2D eigenvalue weighted by atomic mass is 10.0. The summed E-state index contributed by atoms with van der Waals surface area (Å²) in [7, 11) is 0. The molecule has 1 aromatic heterocycles. The van der Waals surface area contributed by atoms with Crippen LogP contribution in [-0.2, 0) is 6.54 Å². The summed E-state index contributed by atoms with van der Waals surface area (Å²) < 4.78 is 7.58. The second-order valence-electron chi connectivity index (χ2n) is 7.49. The van der Waals surface area contributed by atoms with Gasteiger partial charge in [0.2, 0.25) is 0 Å². The van der Waals surface area contributed by atoms with Crippen LogP contribution >= 0.6 is 0 Å². The largest absolute Gasteiger partial charge is 0.492 e. The van der Waals surface area contributed by atoms with Crippen molar-refractivity contribution in [3.05, 3.63) is 42.7 Å². The van der Waals surface area contributed by atoms with Crippen LogP contribution in [0.4, 0.5) is 10.5 Å². The van der Waals surface area contributed by atoms with Gasteiger partial charge in [0.05, 0.1) is 6.54 Å². The maximum atomic E-state index is 12.4. The standard InChI is InChI=1S/C22H35N5O2/c1-5-26(6-2)20(15-18(3)4)17-23-22(28)25-19-9-7-10-21(16-19)29-14-13-27-12-8-11-24-27/h7-12,16,18,20H,5-6,13-15,17H2,1-4H3,(H2,23,25,28). The molecule has 0 saturated carbocycles. The van der Waals surface area contributed by atoms with E-state index >= 15 is 0 Å². The number of nitrogens with one attached hydrogen (secondary N) is 2. The average Bonchev–Trinajstić information content (AvgIpc) is 3.20. The van der Waals surface area contributed by atoms with Gasteiger partial charge in [0, 0.05) is 36.7 Å². The average molecular weight is 402 g/mol. The molecule has 0 fully saturated rings. The van der Waals surface area contributed by atoms with Gasteiger partial charge in [-0.2, -0.15) is 5.10 Å². The SMILES string of the molecule is CCN(CC)C(CNC(=O)Nc1cccc(OCCn2cccn2)c1)CC(C)C. The zero-order valence-corrected chi connectivity index (χ0v) is 18.1. The van der Waals surface area contributed by atoms with Crippen LogP contribution in [0.5, 0.6) is 5.75 Å². The summed E-state index contributed by atoms with van der Waals surface area (Å²) in [5.41, 5.74) is 0.710. The van der Waals surface area contributed by atoms with E-state index in [9.17, 15) is 4.79 Å². The number of nitrogens with zero attached hydrogens (tertiary/aromatic N) is 3. The Morgan fingerprint density at radius 2 is 2.03 bits per heavy atom. The minimum atomic E-state index is -0.195. The van der Waals surface area contributed by atoms with Crippen LogP contribution in [0.15, 0.2) is 42.7 Å². The van der Waals surface area contributed by atoms with Crippen molar-refractivity contribution < 1.29 is 9.53 Å². The number of benzene rings is 1. The first-order chi connectivity index (χ1) is 14.0. The van der Waals surface area contributed by atoms with Crippen molar-refractivity contribution in [1.29, 1.82) is 0 Å². The minimum absolute atomic E-state index is 0.195. The Bertz CT molecular complexity index is 714. The molecule has 0 spiro atoms. The molecule has 0 aliphatic heterocycles. The number of likely N-dealkylation sites (N-methyl/N-ethyl adjacent to an activating group) is 1. The first-order valence-electron chi connectivity index (χ1n) is 10.5. The molecule has 1 atom stereocenters. The molecule has 2 rings (SSSR count). The molecule has 160 valence electrons. The van der Waals surface area contributed by atoms with E-state index in [1.807, 2.05) is 41.2 Å². The van der Waals surface area contributed by atoms with Gasteiger partial charge in [-0.1, -0.05) is 33.8 Å². The molecule has 0 radical (unpaired) electrons. The van der Waals surface area contributed by atoms with Gasteiger partial charge in [-0.05, 0) is 43.6 Å². The fourth-order valence-corrected chi connectivity index (χ4v) is 3.38. The van der Waals surface area contributed by atoms with Crippen LogP contribution in [0, 0.1) is 5.92 Å². The van der Waals surface area contributed by atoms with Gasteiger partial charge >= 0.3 is 6.03 Å². The Kier molecular flexibility index (Phi) is 9.50. The zero-order valence-electron chi connectivity index (χ0n) is 18.1. The number of ether oxygens (including phenoxy) is 1. The smallest absolute Gasteiger partial charge is 0.319 e. The summed E-state index contributed by atoms with van der Waals surface area (Å²) in [4.78, 5) is 14.8. The highest BCUT2D eigenvalue weighted by atomic mass is 16.5. The topological polar surface area (TPSA) is 71.4 Å². The number of urea groups is 1. The van der Waals surface area contributed by atoms with Crippen LogP contribution in [0.1, 0.15) is 34.1 Å². The molecule has 0 bridgehead atoms. The second kappa shape index (κ2) is 12.1. The van der Waals surface area contributed by atoms with E-state index in [1.54, 1.807) is 6.20 Å². The molecule has 0 saturated heterocycles. The molecule has 2 aromatic rings. The van der Waals surface area contributed by atoms with Gasteiger partial charge in [-0.25, -0.2) is 4.79 Å². The van der Waals surface area contributed by atoms with Crippen LogP contribution in [0.2, 0.25) is 0 Å². The van der Waals surface area contributed by atoms with E-state index in [0.29, 0.717) is 37.3 Å². The Labute approximate surface area is 174 Å². The van der Waals surface area contributed by atoms with Gasteiger partial charge in [-0.3, -0.25) is 9.58 Å². The normalized spacial score (nSPS) is 12.2. The van der Waals surface area contributed by atoms with Crippen molar-refractivity contribution in [2.45, 2.75) is 46.7 Å². The third-order valence-corrected chi connectivity index (χ3v) is 4.81. The van der Waals surface area contributed by atoms with Crippen molar-refractivity contribution in [1.82, 2.24) is 20.0 Å². The highest BCUT2D eigenvalue weighted by Gasteiger charge is 2.18. The highest BCUT2D eigenvalue weighted by molar-refractivity contribution is 5.89. The molecule has 1 aromatic carbocycles. The van der Waals surface area contributed by atoms with Crippen molar-refractivity contribution >= 4 is 11.7 Å². The first-order valence-corrected chi connectivity index (χ1v) is 10.5. The lowest BCUT2D eigenvalue weighted by molar-refractivity contribution is 0.186. The summed E-state index contributed by atoms with van der Waals surface area (Å²) >= 11 is 0. The molecule has 7 nitrogen and oxygen atoms in total. The van der Waals surface area contributed by atoms with Crippen LogP contribution in [0.3, 0.4) is 0 Å². The number of amides is 2. The summed E-state index contributed by atoms with van der Waals surface area (Å²) in [5, 5.41) is 10.1. The molecule has 1 heterocycles. The molecule has 1 unspecified atom stereocenters. The van der Waals surface area contributed by atoms with E-state index < -0.39 is 0 Å². The molecular formula is C22H35N5O2. The monoisotopic (exact) mass is 401 g/mol. The number of hydrogen-bond donors (Lipinski definition) is 2. The lowest BCUT2D eigenvalue weighted by Crippen LogP contribution is -2.45. The molecule has 2 N–H and O–H groups in total. The van der Waals surface area contributed by atoms with Crippen molar-refractivity contribution in [2.24, 2.45) is 5.92 Å². The Balaban J connectivity index is 1.82. The first kappa shape index (κ1) is 22.7. The minimum Gasteiger partial charge on any atom is -0.492 e. The summed E-state index contributed by atoms with van der Waals surface area (Å²) in [6.07, 6.45) is 4.70. The van der Waals surface area contributed by atoms with E-state index in [0.717, 1.165) is 25.3 Å². The Morgan fingerprint density at radius 3 is 2.69 bits per heavy atom. The van der Waals surface area contributed by atoms with Gasteiger partial charge in [0.25, 0.3) is 0 Å². The van der Waals surface area contributed by atoms with Crippen molar-refractivity contribution in [3.63, 3.8) is 0 Å². The van der Waals surface area contributed by atoms with E-state index in [1.165, 1.54) is 0 Å². The van der Waals surface area contributed by atoms with Crippen LogP contribution < -0.4 is 15.4 Å². The van der Waals surface area contributed by atoms with Gasteiger partial charge < -0.3 is 15.4 Å². The molecular weight excluding hydrogens is 366 g/mol. The maximum Gasteiger partial charge on any atom is 0.319 e. The third kappa shape index (κ3) is 8.15. The molecule has 29 heavy (non-hydrogen) atoms. The Hall–Kier alpha value is -2.54. The summed E-state index contributed by atoms with van der Waals surface area (Å²) in [6, 6.07) is 9.47. The van der Waals surface area contributed by atoms with Crippen molar-refractivity contribution in [3.8, 4) is 5.75 Å². The van der Waals surface area contributed by atoms with Gasteiger partial charge in [0.15, 0.2) is 0 Å². The number of rotatable bonds is 12.